The summed E-state index contributed by atoms with van der Waals surface area (Å²) in [6.07, 6.45) is 4.91. The van der Waals surface area contributed by atoms with Gasteiger partial charge in [0.25, 0.3) is 0 Å². The van der Waals surface area contributed by atoms with Crippen LogP contribution in [-0.2, 0) is 6.54 Å². The molecular weight excluding hydrogens is 466 g/mol. The number of benzene rings is 2. The molecule has 0 amide bonds. The summed E-state index contributed by atoms with van der Waals surface area (Å²) in [7, 11) is 1.63. The van der Waals surface area contributed by atoms with Gasteiger partial charge in [0, 0.05) is 35.5 Å². The van der Waals surface area contributed by atoms with E-state index in [4.69, 9.17) is 19.2 Å². The molecule has 0 spiro atoms. The maximum Gasteiger partial charge on any atom is 0.230 e. The molecule has 0 saturated heterocycles. The zero-order valence-corrected chi connectivity index (χ0v) is 20.6. The van der Waals surface area contributed by atoms with Gasteiger partial charge in [-0.3, -0.25) is 14.8 Å². The lowest BCUT2D eigenvalue weighted by molar-refractivity contribution is 0.102. The van der Waals surface area contributed by atoms with Gasteiger partial charge in [-0.25, -0.2) is 4.98 Å². The highest BCUT2D eigenvalue weighted by molar-refractivity contribution is 6.11. The van der Waals surface area contributed by atoms with Crippen LogP contribution in [0.1, 0.15) is 33.2 Å². The van der Waals surface area contributed by atoms with Crippen molar-refractivity contribution >= 4 is 27.7 Å². The van der Waals surface area contributed by atoms with Crippen molar-refractivity contribution in [1.29, 1.82) is 0 Å². The second kappa shape index (κ2) is 8.98. The summed E-state index contributed by atoms with van der Waals surface area (Å²) in [6.45, 7) is 4.24. The minimum Gasteiger partial charge on any atom is -0.496 e. The minimum absolute atomic E-state index is 0.201. The van der Waals surface area contributed by atoms with E-state index in [1.807, 2.05) is 60.9 Å². The fraction of sp³-hybridized carbons (Fsp3) is 0.138. The molecule has 2 aromatic carbocycles. The molecule has 0 radical (unpaired) electrons. The number of fused-ring (bicyclic) bond motifs is 3. The molecule has 6 rings (SSSR count). The molecule has 6 aromatic rings. The molecule has 0 atom stereocenters. The highest BCUT2D eigenvalue weighted by Crippen LogP contribution is 2.39. The third-order valence-electron chi connectivity index (χ3n) is 6.51. The quantitative estimate of drug-likeness (QED) is 0.284. The zero-order chi connectivity index (χ0) is 25.5. The Morgan fingerprint density at radius 2 is 1.86 bits per heavy atom. The maximum atomic E-state index is 13.6. The molecular formula is C29H23N5O3. The van der Waals surface area contributed by atoms with E-state index in [1.54, 1.807) is 37.8 Å². The van der Waals surface area contributed by atoms with Crippen LogP contribution in [-0.4, -0.2) is 37.6 Å². The average molecular weight is 490 g/mol. The van der Waals surface area contributed by atoms with Crippen LogP contribution in [0.3, 0.4) is 0 Å². The largest absolute Gasteiger partial charge is 0.496 e. The lowest BCUT2D eigenvalue weighted by Gasteiger charge is -2.13. The van der Waals surface area contributed by atoms with Gasteiger partial charge in [-0.05, 0) is 43.7 Å². The van der Waals surface area contributed by atoms with Crippen LogP contribution in [0.25, 0.3) is 33.1 Å². The van der Waals surface area contributed by atoms with Crippen LogP contribution >= 0.6 is 0 Å². The van der Waals surface area contributed by atoms with Crippen molar-refractivity contribution < 1.29 is 14.1 Å². The number of carbonyl (C=O) groups is 1. The summed E-state index contributed by atoms with van der Waals surface area (Å²) in [6, 6.07) is 17.4. The molecule has 182 valence electrons. The standard InChI is InChI=1S/C29H23N5O3/c1-17-26(18(2)37-33-17)22-12-23-21(13-25(22)36-3)27-24(15-31-23)32-29(28(35)20-10-7-11-30-14-20)34(27)16-19-8-5-4-6-9-19/h4-15H,16H2,1-3H3. The lowest BCUT2D eigenvalue weighted by atomic mass is 10.0. The number of rotatable bonds is 6. The number of hydrogen-bond donors (Lipinski definition) is 0. The van der Waals surface area contributed by atoms with Crippen LogP contribution < -0.4 is 4.74 Å². The molecule has 8 heteroatoms. The number of carbonyl (C=O) groups excluding carboxylic acids is 1. The number of hydrogen-bond acceptors (Lipinski definition) is 7. The van der Waals surface area contributed by atoms with Crippen molar-refractivity contribution in [2.24, 2.45) is 0 Å². The Morgan fingerprint density at radius 1 is 1.03 bits per heavy atom. The van der Waals surface area contributed by atoms with Gasteiger partial charge in [0.2, 0.25) is 5.78 Å². The van der Waals surface area contributed by atoms with Gasteiger partial charge < -0.3 is 13.8 Å². The topological polar surface area (TPSA) is 95.9 Å². The summed E-state index contributed by atoms with van der Waals surface area (Å²) in [5.74, 6) is 1.49. The Hall–Kier alpha value is -4.85. The summed E-state index contributed by atoms with van der Waals surface area (Å²) >= 11 is 0. The maximum absolute atomic E-state index is 13.6. The summed E-state index contributed by atoms with van der Waals surface area (Å²) in [4.78, 5) is 27.2. The van der Waals surface area contributed by atoms with Crippen molar-refractivity contribution in [3.63, 3.8) is 0 Å². The highest BCUT2D eigenvalue weighted by atomic mass is 16.5. The number of methoxy groups -OCH3 is 1. The van der Waals surface area contributed by atoms with Crippen LogP contribution in [0.5, 0.6) is 5.75 Å². The fourth-order valence-corrected chi connectivity index (χ4v) is 4.79. The number of pyridine rings is 2. The molecule has 4 aromatic heterocycles. The number of imidazole rings is 1. The Kier molecular flexibility index (Phi) is 5.49. The average Bonchev–Trinajstić information content (AvgIpc) is 3.47. The SMILES string of the molecule is COc1cc2c(cc1-c1c(C)noc1C)ncc1nc(C(=O)c3cccnc3)n(Cc3ccccc3)c12. The third-order valence-corrected chi connectivity index (χ3v) is 6.51. The molecule has 0 unspecified atom stereocenters. The highest BCUT2D eigenvalue weighted by Gasteiger charge is 2.24. The minimum atomic E-state index is -0.201. The van der Waals surface area contributed by atoms with Crippen LogP contribution in [0.15, 0.2) is 77.7 Å². The molecule has 37 heavy (non-hydrogen) atoms. The molecule has 0 fully saturated rings. The second-order valence-corrected chi connectivity index (χ2v) is 8.84. The van der Waals surface area contributed by atoms with Gasteiger partial charge in [0.05, 0.1) is 35.6 Å². The molecule has 0 saturated carbocycles. The summed E-state index contributed by atoms with van der Waals surface area (Å²) < 4.78 is 13.2. The Bertz CT molecular complexity index is 1750. The van der Waals surface area contributed by atoms with E-state index in [9.17, 15) is 4.79 Å². The molecule has 8 nitrogen and oxygen atoms in total. The smallest absolute Gasteiger partial charge is 0.230 e. The molecule has 0 aliphatic heterocycles. The number of aryl methyl sites for hydroxylation is 2. The first-order valence-electron chi connectivity index (χ1n) is 11.8. The van der Waals surface area contributed by atoms with Crippen molar-refractivity contribution in [2.75, 3.05) is 7.11 Å². The predicted octanol–water partition coefficient (Wildman–Crippen LogP) is 5.54. The first-order chi connectivity index (χ1) is 18.0. The van der Waals surface area contributed by atoms with E-state index >= 15 is 0 Å². The van der Waals surface area contributed by atoms with E-state index in [1.165, 1.54) is 0 Å². The van der Waals surface area contributed by atoms with Crippen molar-refractivity contribution in [1.82, 2.24) is 24.7 Å². The van der Waals surface area contributed by atoms with Gasteiger partial charge in [-0.1, -0.05) is 35.5 Å². The lowest BCUT2D eigenvalue weighted by Crippen LogP contribution is -2.13. The van der Waals surface area contributed by atoms with Crippen LogP contribution in [0.4, 0.5) is 0 Å². The van der Waals surface area contributed by atoms with Crippen LogP contribution in [0.2, 0.25) is 0 Å². The second-order valence-electron chi connectivity index (χ2n) is 8.84. The van der Waals surface area contributed by atoms with Crippen molar-refractivity contribution in [3.8, 4) is 16.9 Å². The predicted molar refractivity (Wildman–Crippen MR) is 140 cm³/mol. The van der Waals surface area contributed by atoms with Gasteiger partial charge in [0.1, 0.15) is 17.0 Å². The number of ketones is 1. The van der Waals surface area contributed by atoms with Gasteiger partial charge in [-0.2, -0.15) is 0 Å². The Labute approximate surface area is 212 Å². The molecule has 0 aliphatic rings. The van der Waals surface area contributed by atoms with Crippen molar-refractivity contribution in [3.05, 3.63) is 102 Å². The van der Waals surface area contributed by atoms with E-state index in [0.717, 1.165) is 38.8 Å². The fourth-order valence-electron chi connectivity index (χ4n) is 4.79. The van der Waals surface area contributed by atoms with E-state index in [2.05, 4.69) is 10.1 Å². The van der Waals surface area contributed by atoms with Gasteiger partial charge in [-0.15, -0.1) is 0 Å². The van der Waals surface area contributed by atoms with Crippen molar-refractivity contribution in [2.45, 2.75) is 20.4 Å². The normalized spacial score (nSPS) is 11.3. The third kappa shape index (κ3) is 3.83. The zero-order valence-electron chi connectivity index (χ0n) is 20.6. The van der Waals surface area contributed by atoms with E-state index in [-0.39, 0.29) is 5.78 Å². The number of nitrogens with zero attached hydrogens (tertiary/aromatic N) is 5. The first kappa shape index (κ1) is 22.6. The number of ether oxygens (including phenoxy) is 1. The Balaban J connectivity index is 1.63. The molecule has 0 N–H and O–H groups in total. The van der Waals surface area contributed by atoms with Gasteiger partial charge in [0.15, 0.2) is 5.82 Å². The molecule has 4 heterocycles. The summed E-state index contributed by atoms with van der Waals surface area (Å²) in [5, 5.41) is 4.93. The Morgan fingerprint density at radius 3 is 2.57 bits per heavy atom. The van der Waals surface area contributed by atoms with Crippen LogP contribution in [0, 0.1) is 13.8 Å². The summed E-state index contributed by atoms with van der Waals surface area (Å²) in [5.41, 5.74) is 6.21. The molecule has 0 bridgehead atoms. The molecule has 0 aliphatic carbocycles. The van der Waals surface area contributed by atoms with E-state index in [0.29, 0.717) is 35.0 Å². The van der Waals surface area contributed by atoms with Gasteiger partial charge >= 0.3 is 0 Å². The monoisotopic (exact) mass is 489 g/mol. The first-order valence-corrected chi connectivity index (χ1v) is 11.8. The van der Waals surface area contributed by atoms with E-state index < -0.39 is 0 Å². The number of aromatic nitrogens is 5.